The fourth-order valence-electron chi connectivity index (χ4n) is 1.85. The maximum Gasteiger partial charge on any atom is 0.342 e. The van der Waals surface area contributed by atoms with Gasteiger partial charge < -0.3 is 13.9 Å². The summed E-state index contributed by atoms with van der Waals surface area (Å²) in [6.45, 7) is 1.64. The van der Waals surface area contributed by atoms with Gasteiger partial charge in [0.1, 0.15) is 22.5 Å². The maximum atomic E-state index is 11.7. The highest BCUT2D eigenvalue weighted by molar-refractivity contribution is 5.91. The van der Waals surface area contributed by atoms with Gasteiger partial charge in [-0.15, -0.1) is 6.42 Å². The summed E-state index contributed by atoms with van der Waals surface area (Å²) in [5.41, 5.74) is 0.885. The molecule has 0 unspecified atom stereocenters. The molecule has 0 saturated carbocycles. The fourth-order valence-corrected chi connectivity index (χ4v) is 1.85. The largest absolute Gasteiger partial charge is 0.496 e. The van der Waals surface area contributed by atoms with E-state index >= 15 is 0 Å². The summed E-state index contributed by atoms with van der Waals surface area (Å²) in [6, 6.07) is 3.31. The average Bonchev–Trinajstić information content (AvgIpc) is 2.39. The van der Waals surface area contributed by atoms with Gasteiger partial charge in [-0.05, 0) is 19.1 Å². The van der Waals surface area contributed by atoms with Gasteiger partial charge in [-0.1, -0.05) is 5.92 Å². The highest BCUT2D eigenvalue weighted by atomic mass is 16.5. The van der Waals surface area contributed by atoms with E-state index in [9.17, 15) is 4.79 Å². The van der Waals surface area contributed by atoms with Crippen LogP contribution >= 0.6 is 0 Å². The summed E-state index contributed by atoms with van der Waals surface area (Å²) >= 11 is 0. The van der Waals surface area contributed by atoms with Crippen molar-refractivity contribution in [2.75, 3.05) is 14.2 Å². The van der Waals surface area contributed by atoms with Crippen LogP contribution in [0.2, 0.25) is 0 Å². The molecule has 1 aromatic carbocycles. The number of terminal acetylenes is 1. The van der Waals surface area contributed by atoms with Crippen molar-refractivity contribution in [3.8, 4) is 23.8 Å². The van der Waals surface area contributed by atoms with Crippen LogP contribution in [0.1, 0.15) is 11.1 Å². The lowest BCUT2D eigenvalue weighted by atomic mass is 10.1. The second kappa shape index (κ2) is 4.46. The Hall–Kier alpha value is -2.41. The summed E-state index contributed by atoms with van der Waals surface area (Å²) in [5, 5.41) is 0.608. The average molecular weight is 244 g/mol. The van der Waals surface area contributed by atoms with E-state index < -0.39 is 5.63 Å². The lowest BCUT2D eigenvalue weighted by molar-refractivity contribution is 0.396. The quantitative estimate of drug-likeness (QED) is 0.599. The van der Waals surface area contributed by atoms with Gasteiger partial charge in [0.25, 0.3) is 0 Å². The molecule has 0 atom stereocenters. The number of hydrogen-bond acceptors (Lipinski definition) is 4. The van der Waals surface area contributed by atoms with E-state index in [0.717, 1.165) is 0 Å². The lowest BCUT2D eigenvalue weighted by Crippen LogP contribution is -2.06. The molecule has 92 valence electrons. The summed E-state index contributed by atoms with van der Waals surface area (Å²) in [7, 11) is 3.02. The first-order chi connectivity index (χ1) is 8.62. The molecule has 1 heterocycles. The Morgan fingerprint density at radius 1 is 1.28 bits per heavy atom. The van der Waals surface area contributed by atoms with E-state index in [4.69, 9.17) is 20.3 Å². The third kappa shape index (κ3) is 1.70. The number of hydrogen-bond donors (Lipinski definition) is 0. The van der Waals surface area contributed by atoms with Crippen LogP contribution in [-0.4, -0.2) is 14.2 Å². The van der Waals surface area contributed by atoms with E-state index in [2.05, 4.69) is 5.92 Å². The van der Waals surface area contributed by atoms with E-state index in [-0.39, 0.29) is 0 Å². The van der Waals surface area contributed by atoms with Crippen LogP contribution in [0.25, 0.3) is 11.0 Å². The molecular formula is C14H12O4. The second-order valence-electron chi connectivity index (χ2n) is 3.74. The van der Waals surface area contributed by atoms with E-state index in [0.29, 0.717) is 33.6 Å². The molecular weight excluding hydrogens is 232 g/mol. The Labute approximate surface area is 104 Å². The van der Waals surface area contributed by atoms with Crippen molar-refractivity contribution in [3.05, 3.63) is 33.7 Å². The molecule has 0 N–H and O–H groups in total. The third-order valence-electron chi connectivity index (χ3n) is 2.73. The first-order valence-electron chi connectivity index (χ1n) is 5.28. The molecule has 2 aromatic rings. The minimum atomic E-state index is -0.449. The zero-order valence-corrected chi connectivity index (χ0v) is 10.4. The van der Waals surface area contributed by atoms with Crippen LogP contribution in [-0.2, 0) is 0 Å². The summed E-state index contributed by atoms with van der Waals surface area (Å²) in [5.74, 6) is 3.45. The number of rotatable bonds is 2. The van der Waals surface area contributed by atoms with E-state index in [1.54, 1.807) is 19.1 Å². The lowest BCUT2D eigenvalue weighted by Gasteiger charge is -2.11. The number of ether oxygens (including phenoxy) is 2. The zero-order valence-electron chi connectivity index (χ0n) is 10.4. The zero-order chi connectivity index (χ0) is 13.3. The first kappa shape index (κ1) is 12.1. The van der Waals surface area contributed by atoms with Gasteiger partial charge in [-0.25, -0.2) is 4.79 Å². The molecule has 0 radical (unpaired) electrons. The SMILES string of the molecule is C#Cc1cc(OC)c2c(OC)c(C)c(=O)oc2c1. The monoisotopic (exact) mass is 244 g/mol. The molecule has 1 aromatic heterocycles. The first-order valence-corrected chi connectivity index (χ1v) is 5.28. The van der Waals surface area contributed by atoms with Crippen molar-refractivity contribution in [3.63, 3.8) is 0 Å². The normalized spacial score (nSPS) is 10.1. The molecule has 0 spiro atoms. The smallest absolute Gasteiger partial charge is 0.342 e. The molecule has 0 amide bonds. The minimum Gasteiger partial charge on any atom is -0.496 e. The molecule has 0 fully saturated rings. The molecule has 4 heteroatoms. The van der Waals surface area contributed by atoms with E-state index in [1.807, 2.05) is 0 Å². The van der Waals surface area contributed by atoms with Crippen LogP contribution < -0.4 is 15.1 Å². The summed E-state index contributed by atoms with van der Waals surface area (Å²) in [4.78, 5) is 11.7. The minimum absolute atomic E-state index is 0.356. The van der Waals surface area contributed by atoms with Gasteiger partial charge in [0.2, 0.25) is 0 Å². The number of benzene rings is 1. The van der Waals surface area contributed by atoms with Gasteiger partial charge in [-0.3, -0.25) is 0 Å². The Balaban J connectivity index is 3.01. The van der Waals surface area contributed by atoms with Gasteiger partial charge in [-0.2, -0.15) is 0 Å². The molecule has 0 aliphatic carbocycles. The van der Waals surface area contributed by atoms with Crippen molar-refractivity contribution in [2.24, 2.45) is 0 Å². The predicted molar refractivity (Wildman–Crippen MR) is 68.3 cm³/mol. The predicted octanol–water partition coefficient (Wildman–Crippen LogP) is 2.10. The van der Waals surface area contributed by atoms with Gasteiger partial charge in [0.05, 0.1) is 19.8 Å². The topological polar surface area (TPSA) is 48.7 Å². The molecule has 0 bridgehead atoms. The highest BCUT2D eigenvalue weighted by Gasteiger charge is 2.16. The van der Waals surface area contributed by atoms with Crippen LogP contribution in [0.15, 0.2) is 21.3 Å². The van der Waals surface area contributed by atoms with Crippen molar-refractivity contribution in [2.45, 2.75) is 6.92 Å². The summed E-state index contributed by atoms with van der Waals surface area (Å²) < 4.78 is 15.7. The van der Waals surface area contributed by atoms with Crippen LogP contribution in [0, 0.1) is 19.3 Å². The number of fused-ring (bicyclic) bond motifs is 1. The highest BCUT2D eigenvalue weighted by Crippen LogP contribution is 2.35. The van der Waals surface area contributed by atoms with Crippen LogP contribution in [0.4, 0.5) is 0 Å². The van der Waals surface area contributed by atoms with Crippen LogP contribution in [0.5, 0.6) is 11.5 Å². The maximum absolute atomic E-state index is 11.7. The Bertz CT molecular complexity index is 704. The molecule has 4 nitrogen and oxygen atoms in total. The Morgan fingerprint density at radius 3 is 2.56 bits per heavy atom. The molecule has 0 saturated heterocycles. The second-order valence-corrected chi connectivity index (χ2v) is 3.74. The molecule has 18 heavy (non-hydrogen) atoms. The van der Waals surface area contributed by atoms with E-state index in [1.165, 1.54) is 14.2 Å². The Kier molecular flexibility index (Phi) is 2.99. The molecule has 2 rings (SSSR count). The van der Waals surface area contributed by atoms with Gasteiger partial charge in [0, 0.05) is 5.56 Å². The van der Waals surface area contributed by atoms with Crippen molar-refractivity contribution in [1.82, 2.24) is 0 Å². The third-order valence-corrected chi connectivity index (χ3v) is 2.73. The van der Waals surface area contributed by atoms with Crippen molar-refractivity contribution < 1.29 is 13.9 Å². The van der Waals surface area contributed by atoms with Crippen molar-refractivity contribution in [1.29, 1.82) is 0 Å². The standard InChI is InChI=1S/C14H12O4/c1-5-9-6-10(16-3)12-11(7-9)18-14(15)8(2)13(12)17-4/h1,6-7H,2-4H3. The fraction of sp³-hybridized carbons (Fsp3) is 0.214. The Morgan fingerprint density at radius 2 is 2.00 bits per heavy atom. The van der Waals surface area contributed by atoms with Crippen molar-refractivity contribution >= 4 is 11.0 Å². The summed E-state index contributed by atoms with van der Waals surface area (Å²) in [6.07, 6.45) is 5.35. The molecule has 0 aliphatic heterocycles. The van der Waals surface area contributed by atoms with Crippen LogP contribution in [0.3, 0.4) is 0 Å². The number of methoxy groups -OCH3 is 2. The van der Waals surface area contributed by atoms with Gasteiger partial charge in [0.15, 0.2) is 0 Å². The van der Waals surface area contributed by atoms with Gasteiger partial charge >= 0.3 is 5.63 Å². The molecule has 0 aliphatic rings.